The van der Waals surface area contributed by atoms with Gasteiger partial charge in [0, 0.05) is 12.6 Å². The first-order chi connectivity index (χ1) is 17.7. The molecule has 1 aliphatic rings. The van der Waals surface area contributed by atoms with Crippen LogP contribution in [0.2, 0.25) is 0 Å². The third kappa shape index (κ3) is 5.34. The van der Waals surface area contributed by atoms with Gasteiger partial charge in [0.05, 0.1) is 26.0 Å². The summed E-state index contributed by atoms with van der Waals surface area (Å²) in [5, 5.41) is 61.8. The molecule has 4 rings (SSSR count). The number of aryl methyl sites for hydroxylation is 1. The summed E-state index contributed by atoms with van der Waals surface area (Å²) in [5.74, 6) is 0.120. The van der Waals surface area contributed by atoms with Crippen molar-refractivity contribution in [2.45, 2.75) is 50.3 Å². The van der Waals surface area contributed by atoms with E-state index in [-0.39, 0.29) is 24.8 Å². The molecule has 5 atom stereocenters. The summed E-state index contributed by atoms with van der Waals surface area (Å²) in [6, 6.07) is 12.4. The fourth-order valence-corrected chi connectivity index (χ4v) is 4.25. The van der Waals surface area contributed by atoms with Gasteiger partial charge in [-0.2, -0.15) is 0 Å². The third-order valence-electron chi connectivity index (χ3n) is 6.36. The highest BCUT2D eigenvalue weighted by Crippen LogP contribution is 2.35. The summed E-state index contributed by atoms with van der Waals surface area (Å²) in [4.78, 5) is 12.0. The van der Waals surface area contributed by atoms with Gasteiger partial charge in [-0.15, -0.1) is 5.10 Å². The SMILES string of the molecule is CNC(=O)c1cccc(-c2ccc(O[C@H]3OC(CO)[C@@H](O)[C@H](O)[C@@]3(O)Cn3cc(CO)nn3)c(C)c2)c1. The molecule has 0 radical (unpaired) electrons. The van der Waals surface area contributed by atoms with Crippen LogP contribution >= 0.6 is 0 Å². The lowest BCUT2D eigenvalue weighted by molar-refractivity contribution is -0.324. The molecule has 0 bridgehead atoms. The summed E-state index contributed by atoms with van der Waals surface area (Å²) in [7, 11) is 1.56. The van der Waals surface area contributed by atoms with Crippen molar-refractivity contribution in [3.8, 4) is 16.9 Å². The minimum absolute atomic E-state index is 0.204. The topological polar surface area (TPSA) is 179 Å². The molecule has 2 aromatic carbocycles. The summed E-state index contributed by atoms with van der Waals surface area (Å²) in [5.41, 5.74) is 0.854. The second-order valence-corrected chi connectivity index (χ2v) is 8.94. The number of nitrogens with one attached hydrogen (secondary N) is 1. The molecule has 1 fully saturated rings. The number of rotatable bonds is 8. The third-order valence-corrected chi connectivity index (χ3v) is 6.36. The van der Waals surface area contributed by atoms with E-state index in [9.17, 15) is 30.3 Å². The normalized spacial score (nSPS) is 25.6. The van der Waals surface area contributed by atoms with Gasteiger partial charge in [-0.1, -0.05) is 23.4 Å². The highest BCUT2D eigenvalue weighted by atomic mass is 16.7. The van der Waals surface area contributed by atoms with Crippen LogP contribution in [0.5, 0.6) is 5.75 Å². The van der Waals surface area contributed by atoms with Crippen molar-refractivity contribution in [1.29, 1.82) is 0 Å². The van der Waals surface area contributed by atoms with E-state index in [1.54, 1.807) is 44.3 Å². The minimum Gasteiger partial charge on any atom is -0.461 e. The summed E-state index contributed by atoms with van der Waals surface area (Å²) < 4.78 is 12.9. The lowest BCUT2D eigenvalue weighted by Gasteiger charge is -2.47. The quantitative estimate of drug-likeness (QED) is 0.226. The molecule has 1 saturated heterocycles. The molecule has 2 heterocycles. The Morgan fingerprint density at radius 3 is 2.59 bits per heavy atom. The van der Waals surface area contributed by atoms with E-state index in [1.165, 1.54) is 10.9 Å². The lowest BCUT2D eigenvalue weighted by atomic mass is 9.86. The van der Waals surface area contributed by atoms with Crippen LogP contribution in [0.15, 0.2) is 48.7 Å². The first-order valence-electron chi connectivity index (χ1n) is 11.6. The number of ether oxygens (including phenoxy) is 2. The van der Waals surface area contributed by atoms with Crippen LogP contribution in [0, 0.1) is 6.92 Å². The standard InChI is InChI=1S/C25H30N4O8/c1-14-8-16(15-4-3-5-17(9-15)23(34)26-2)6-7-19(14)36-24-25(35,13-29-10-18(11-30)27-28-29)22(33)21(32)20(12-31)37-24/h3-10,20-22,24,30-33,35H,11-13H2,1-2H3,(H,26,34)/t20?,21-,22+,24+,25+/m1/s1. The van der Waals surface area contributed by atoms with Gasteiger partial charge in [0.15, 0.2) is 5.60 Å². The van der Waals surface area contributed by atoms with Crippen molar-refractivity contribution in [2.75, 3.05) is 13.7 Å². The van der Waals surface area contributed by atoms with Crippen LogP contribution in [0.3, 0.4) is 0 Å². The van der Waals surface area contributed by atoms with Crippen LogP contribution in [-0.2, 0) is 17.9 Å². The van der Waals surface area contributed by atoms with Crippen molar-refractivity contribution in [3.05, 3.63) is 65.5 Å². The number of aliphatic hydroxyl groups excluding tert-OH is 4. The smallest absolute Gasteiger partial charge is 0.251 e. The van der Waals surface area contributed by atoms with E-state index >= 15 is 0 Å². The number of hydrogen-bond acceptors (Lipinski definition) is 10. The van der Waals surface area contributed by atoms with Gasteiger partial charge in [-0.25, -0.2) is 4.68 Å². The van der Waals surface area contributed by atoms with E-state index in [0.29, 0.717) is 16.9 Å². The molecule has 37 heavy (non-hydrogen) atoms. The Morgan fingerprint density at radius 2 is 1.95 bits per heavy atom. The van der Waals surface area contributed by atoms with Crippen LogP contribution in [0.1, 0.15) is 21.6 Å². The van der Waals surface area contributed by atoms with Crippen LogP contribution in [-0.4, -0.2) is 90.3 Å². The fraction of sp³-hybridized carbons (Fsp3) is 0.400. The van der Waals surface area contributed by atoms with E-state index in [1.807, 2.05) is 12.1 Å². The van der Waals surface area contributed by atoms with Crippen molar-refractivity contribution >= 4 is 5.91 Å². The van der Waals surface area contributed by atoms with Crippen molar-refractivity contribution in [3.63, 3.8) is 0 Å². The maximum Gasteiger partial charge on any atom is 0.251 e. The highest BCUT2D eigenvalue weighted by Gasteiger charge is 2.56. The molecule has 1 unspecified atom stereocenters. The number of amides is 1. The van der Waals surface area contributed by atoms with Gasteiger partial charge >= 0.3 is 0 Å². The Kier molecular flexibility index (Phi) is 7.87. The molecule has 1 aliphatic heterocycles. The molecule has 1 aromatic heterocycles. The summed E-state index contributed by atoms with van der Waals surface area (Å²) in [6.07, 6.45) is -4.72. The van der Waals surface area contributed by atoms with Gasteiger partial charge in [0.25, 0.3) is 5.91 Å². The number of aromatic nitrogens is 3. The first kappa shape index (κ1) is 26.7. The zero-order valence-electron chi connectivity index (χ0n) is 20.4. The molecule has 0 spiro atoms. The van der Waals surface area contributed by atoms with Crippen LogP contribution in [0.4, 0.5) is 0 Å². The lowest BCUT2D eigenvalue weighted by Crippen LogP contribution is -2.69. The van der Waals surface area contributed by atoms with E-state index in [4.69, 9.17) is 9.47 Å². The molecule has 12 heteroatoms. The number of aliphatic hydroxyl groups is 5. The van der Waals surface area contributed by atoms with Crippen LogP contribution in [0.25, 0.3) is 11.1 Å². The number of benzene rings is 2. The van der Waals surface area contributed by atoms with Crippen molar-refractivity contribution in [1.82, 2.24) is 20.3 Å². The highest BCUT2D eigenvalue weighted by molar-refractivity contribution is 5.95. The second kappa shape index (κ2) is 10.9. The molecule has 12 nitrogen and oxygen atoms in total. The molecule has 0 aliphatic carbocycles. The van der Waals surface area contributed by atoms with Gasteiger partial charge in [0.2, 0.25) is 6.29 Å². The predicted molar refractivity (Wildman–Crippen MR) is 129 cm³/mol. The Bertz CT molecular complexity index is 1250. The summed E-state index contributed by atoms with van der Waals surface area (Å²) in [6.45, 7) is 0.406. The Balaban J connectivity index is 1.63. The average Bonchev–Trinajstić information content (AvgIpc) is 3.37. The van der Waals surface area contributed by atoms with Gasteiger partial charge in [-0.3, -0.25) is 4.79 Å². The van der Waals surface area contributed by atoms with E-state index in [2.05, 4.69) is 15.6 Å². The zero-order chi connectivity index (χ0) is 26.7. The Labute approximate surface area is 212 Å². The Hall–Kier alpha value is -3.39. The van der Waals surface area contributed by atoms with E-state index in [0.717, 1.165) is 11.1 Å². The van der Waals surface area contributed by atoms with E-state index < -0.39 is 36.8 Å². The van der Waals surface area contributed by atoms with Crippen molar-refractivity contribution < 1.29 is 39.8 Å². The van der Waals surface area contributed by atoms with Gasteiger partial charge in [0.1, 0.15) is 29.8 Å². The van der Waals surface area contributed by atoms with Gasteiger partial charge in [-0.05, 0) is 47.9 Å². The molecule has 6 N–H and O–H groups in total. The molecular weight excluding hydrogens is 484 g/mol. The zero-order valence-corrected chi connectivity index (χ0v) is 20.4. The molecule has 1 amide bonds. The second-order valence-electron chi connectivity index (χ2n) is 8.94. The molecule has 0 saturated carbocycles. The maximum absolute atomic E-state index is 12.0. The average molecular weight is 515 g/mol. The fourth-order valence-electron chi connectivity index (χ4n) is 4.25. The molecule has 3 aromatic rings. The molecule has 198 valence electrons. The Morgan fingerprint density at radius 1 is 1.19 bits per heavy atom. The van der Waals surface area contributed by atoms with Crippen molar-refractivity contribution in [2.24, 2.45) is 0 Å². The number of carbonyl (C=O) groups is 1. The van der Waals surface area contributed by atoms with Crippen LogP contribution < -0.4 is 10.1 Å². The maximum atomic E-state index is 12.0. The minimum atomic E-state index is -2.20. The van der Waals surface area contributed by atoms with Gasteiger partial charge < -0.3 is 40.3 Å². The molecular formula is C25H30N4O8. The number of carbonyl (C=O) groups excluding carboxylic acids is 1. The number of hydrogen-bond donors (Lipinski definition) is 6. The predicted octanol–water partition coefficient (Wildman–Crippen LogP) is -0.645. The first-order valence-corrected chi connectivity index (χ1v) is 11.6. The number of nitrogens with zero attached hydrogens (tertiary/aromatic N) is 3. The largest absolute Gasteiger partial charge is 0.461 e. The monoisotopic (exact) mass is 514 g/mol. The summed E-state index contributed by atoms with van der Waals surface area (Å²) >= 11 is 0.